The molecule has 0 saturated carbocycles. The number of hydrogen-bond donors (Lipinski definition) is 4. The summed E-state index contributed by atoms with van der Waals surface area (Å²) in [6.07, 6.45) is 0. The van der Waals surface area contributed by atoms with Gasteiger partial charge in [-0.25, -0.2) is 10.3 Å². The predicted octanol–water partition coefficient (Wildman–Crippen LogP) is 1.00. The minimum atomic E-state index is -0.990. The highest BCUT2D eigenvalue weighted by Crippen LogP contribution is 2.07. The third-order valence-corrected chi connectivity index (χ3v) is 2.76. The van der Waals surface area contributed by atoms with E-state index in [1.165, 1.54) is 6.07 Å². The Balaban J connectivity index is 2.71. The molecule has 0 spiro atoms. The molecule has 1 aromatic carbocycles. The number of carbonyl (C=O) groups is 2. The number of carboxylic acid groups (broad SMARTS) is 1. The van der Waals surface area contributed by atoms with Gasteiger partial charge in [-0.1, -0.05) is 26.0 Å². The number of nitrogens with one attached hydrogen (secondary N) is 2. The van der Waals surface area contributed by atoms with E-state index in [0.717, 1.165) is 5.56 Å². The van der Waals surface area contributed by atoms with E-state index in [-0.39, 0.29) is 11.5 Å². The van der Waals surface area contributed by atoms with Gasteiger partial charge < -0.3 is 10.4 Å². The summed E-state index contributed by atoms with van der Waals surface area (Å²) < 4.78 is 0. The van der Waals surface area contributed by atoms with Crippen LogP contribution in [-0.4, -0.2) is 28.2 Å². The zero-order valence-electron chi connectivity index (χ0n) is 10.9. The molecule has 6 heteroatoms. The van der Waals surface area contributed by atoms with E-state index in [9.17, 15) is 9.59 Å². The lowest BCUT2D eigenvalue weighted by atomic mass is 10.0. The van der Waals surface area contributed by atoms with Crippen LogP contribution in [0.4, 0.5) is 0 Å². The van der Waals surface area contributed by atoms with E-state index >= 15 is 0 Å². The summed E-state index contributed by atoms with van der Waals surface area (Å²) in [5, 5.41) is 20.5. The topological polar surface area (TPSA) is 98.7 Å². The second-order valence-corrected chi connectivity index (χ2v) is 4.58. The van der Waals surface area contributed by atoms with Gasteiger partial charge in [0.1, 0.15) is 0 Å². The number of aromatic carboxylic acids is 1. The second-order valence-electron chi connectivity index (χ2n) is 4.58. The average molecular weight is 266 g/mol. The minimum Gasteiger partial charge on any atom is -0.478 e. The summed E-state index contributed by atoms with van der Waals surface area (Å²) in [6.45, 7) is 4.04. The minimum absolute atomic E-state index is 0.00481. The average Bonchev–Trinajstić information content (AvgIpc) is 2.38. The van der Waals surface area contributed by atoms with Crippen LogP contribution in [0.15, 0.2) is 24.3 Å². The van der Waals surface area contributed by atoms with Crippen LogP contribution < -0.4 is 10.8 Å². The largest absolute Gasteiger partial charge is 0.478 e. The van der Waals surface area contributed by atoms with Gasteiger partial charge in [0.05, 0.1) is 11.6 Å². The number of amides is 1. The molecule has 0 fully saturated rings. The Morgan fingerprint density at radius 3 is 2.53 bits per heavy atom. The zero-order valence-corrected chi connectivity index (χ0v) is 10.9. The van der Waals surface area contributed by atoms with E-state index in [1.807, 2.05) is 13.8 Å². The van der Waals surface area contributed by atoms with Crippen LogP contribution in [0.2, 0.25) is 0 Å². The molecule has 19 heavy (non-hydrogen) atoms. The maximum absolute atomic E-state index is 11.4. The summed E-state index contributed by atoms with van der Waals surface area (Å²) in [7, 11) is 0. The van der Waals surface area contributed by atoms with Crippen molar-refractivity contribution in [1.82, 2.24) is 10.8 Å². The number of rotatable bonds is 6. The van der Waals surface area contributed by atoms with Crippen LogP contribution in [0.1, 0.15) is 29.8 Å². The molecule has 1 aromatic rings. The van der Waals surface area contributed by atoms with Crippen molar-refractivity contribution >= 4 is 11.9 Å². The highest BCUT2D eigenvalue weighted by molar-refractivity contribution is 5.87. The third-order valence-electron chi connectivity index (χ3n) is 2.76. The van der Waals surface area contributed by atoms with Crippen LogP contribution in [0.5, 0.6) is 0 Å². The Bertz CT molecular complexity index is 460. The first-order chi connectivity index (χ1) is 8.95. The number of hydroxylamine groups is 1. The lowest BCUT2D eigenvalue weighted by Crippen LogP contribution is -2.46. The molecule has 1 rings (SSSR count). The summed E-state index contributed by atoms with van der Waals surface area (Å²) in [4.78, 5) is 22.3. The van der Waals surface area contributed by atoms with Crippen molar-refractivity contribution in [3.8, 4) is 0 Å². The van der Waals surface area contributed by atoms with Crippen molar-refractivity contribution in [2.75, 3.05) is 0 Å². The first-order valence-corrected chi connectivity index (χ1v) is 5.95. The van der Waals surface area contributed by atoms with Gasteiger partial charge in [0.25, 0.3) is 5.91 Å². The molecule has 4 N–H and O–H groups in total. The fourth-order valence-electron chi connectivity index (χ4n) is 1.74. The standard InChI is InChI=1S/C13H18N2O4/c1-8(2)11(12(16)15-19)14-7-9-4-3-5-10(6-9)13(17)18/h3-6,8,11,14,19H,7H2,1-2H3,(H,15,16)(H,17,18)/t11-/m1/s1. The molecular formula is C13H18N2O4. The maximum Gasteiger partial charge on any atom is 0.335 e. The molecule has 6 nitrogen and oxygen atoms in total. The third kappa shape index (κ3) is 4.35. The van der Waals surface area contributed by atoms with Gasteiger partial charge in [-0.2, -0.15) is 0 Å². The highest BCUT2D eigenvalue weighted by atomic mass is 16.5. The smallest absolute Gasteiger partial charge is 0.335 e. The SMILES string of the molecule is CC(C)[C@@H](NCc1cccc(C(=O)O)c1)C(=O)NO. The predicted molar refractivity (Wildman–Crippen MR) is 68.8 cm³/mol. The van der Waals surface area contributed by atoms with Crippen LogP contribution in [0.3, 0.4) is 0 Å². The number of hydrogen-bond acceptors (Lipinski definition) is 4. The van der Waals surface area contributed by atoms with E-state index in [1.54, 1.807) is 23.7 Å². The molecule has 1 atom stereocenters. The monoisotopic (exact) mass is 266 g/mol. The summed E-state index contributed by atoms with van der Waals surface area (Å²) in [5.74, 6) is -1.51. The Hall–Kier alpha value is -1.92. The van der Waals surface area contributed by atoms with E-state index in [0.29, 0.717) is 6.54 Å². The molecule has 0 aliphatic rings. The Kier molecular flexibility index (Phi) is 5.47. The van der Waals surface area contributed by atoms with E-state index in [2.05, 4.69) is 5.32 Å². The summed E-state index contributed by atoms with van der Waals surface area (Å²) in [5.41, 5.74) is 2.58. The molecule has 0 saturated heterocycles. The van der Waals surface area contributed by atoms with E-state index < -0.39 is 17.9 Å². The molecule has 0 aliphatic heterocycles. The molecule has 104 valence electrons. The fourth-order valence-corrected chi connectivity index (χ4v) is 1.74. The van der Waals surface area contributed by atoms with Crippen molar-refractivity contribution in [1.29, 1.82) is 0 Å². The lowest BCUT2D eigenvalue weighted by Gasteiger charge is -2.20. The normalized spacial score (nSPS) is 12.2. The Morgan fingerprint density at radius 1 is 1.32 bits per heavy atom. The lowest BCUT2D eigenvalue weighted by molar-refractivity contribution is -0.132. The first kappa shape index (κ1) is 15.1. The molecule has 0 unspecified atom stereocenters. The van der Waals surface area contributed by atoms with Gasteiger partial charge >= 0.3 is 5.97 Å². The van der Waals surface area contributed by atoms with E-state index in [4.69, 9.17) is 10.3 Å². The first-order valence-electron chi connectivity index (χ1n) is 5.95. The van der Waals surface area contributed by atoms with Crippen molar-refractivity contribution in [2.24, 2.45) is 5.92 Å². The van der Waals surface area contributed by atoms with Gasteiger partial charge in [-0.15, -0.1) is 0 Å². The van der Waals surface area contributed by atoms with Crippen LogP contribution in [0, 0.1) is 5.92 Å². The quantitative estimate of drug-likeness (QED) is 0.455. The van der Waals surface area contributed by atoms with Crippen molar-refractivity contribution < 1.29 is 19.9 Å². The van der Waals surface area contributed by atoms with Gasteiger partial charge in [-0.05, 0) is 23.6 Å². The maximum atomic E-state index is 11.4. The molecule has 0 radical (unpaired) electrons. The summed E-state index contributed by atoms with van der Waals surface area (Å²) >= 11 is 0. The van der Waals surface area contributed by atoms with Crippen LogP contribution in [-0.2, 0) is 11.3 Å². The second kappa shape index (κ2) is 6.86. The number of benzene rings is 1. The molecule has 1 amide bonds. The van der Waals surface area contributed by atoms with Crippen LogP contribution in [0.25, 0.3) is 0 Å². The van der Waals surface area contributed by atoms with Gasteiger partial charge in [0, 0.05) is 6.54 Å². The van der Waals surface area contributed by atoms with Crippen molar-refractivity contribution in [2.45, 2.75) is 26.4 Å². The molecule has 0 aromatic heterocycles. The van der Waals surface area contributed by atoms with Gasteiger partial charge in [0.15, 0.2) is 0 Å². The summed E-state index contributed by atoms with van der Waals surface area (Å²) in [6, 6.07) is 5.93. The number of carbonyl (C=O) groups excluding carboxylic acids is 1. The fraction of sp³-hybridized carbons (Fsp3) is 0.385. The van der Waals surface area contributed by atoms with Crippen molar-refractivity contribution in [3.05, 3.63) is 35.4 Å². The molecule has 0 bridgehead atoms. The zero-order chi connectivity index (χ0) is 14.4. The van der Waals surface area contributed by atoms with Crippen LogP contribution >= 0.6 is 0 Å². The molecular weight excluding hydrogens is 248 g/mol. The van der Waals surface area contributed by atoms with Gasteiger partial charge in [-0.3, -0.25) is 10.0 Å². The van der Waals surface area contributed by atoms with Crippen molar-refractivity contribution in [3.63, 3.8) is 0 Å². The number of carboxylic acids is 1. The Morgan fingerprint density at radius 2 is 2.00 bits per heavy atom. The Labute approximate surface area is 111 Å². The molecule has 0 heterocycles. The van der Waals surface area contributed by atoms with Gasteiger partial charge in [0.2, 0.25) is 0 Å². The highest BCUT2D eigenvalue weighted by Gasteiger charge is 2.20. The molecule has 0 aliphatic carbocycles.